The van der Waals surface area contributed by atoms with E-state index in [1.807, 2.05) is 19.2 Å². The van der Waals surface area contributed by atoms with Gasteiger partial charge in [-0.2, -0.15) is 0 Å². The number of nitrogens with one attached hydrogen (secondary N) is 1. The van der Waals surface area contributed by atoms with E-state index in [1.54, 1.807) is 0 Å². The first-order chi connectivity index (χ1) is 7.74. The van der Waals surface area contributed by atoms with E-state index >= 15 is 0 Å². The van der Waals surface area contributed by atoms with Crippen LogP contribution in [-0.2, 0) is 6.54 Å². The topological polar surface area (TPSA) is 15.3 Å². The second-order valence-corrected chi connectivity index (χ2v) is 4.25. The second kappa shape index (κ2) is 6.77. The van der Waals surface area contributed by atoms with Gasteiger partial charge in [0.15, 0.2) is 0 Å². The molecule has 1 rings (SSSR count). The summed E-state index contributed by atoms with van der Waals surface area (Å²) in [5.41, 5.74) is 2.45. The van der Waals surface area contributed by atoms with Crippen LogP contribution in [-0.4, -0.2) is 20.1 Å². The van der Waals surface area contributed by atoms with Crippen molar-refractivity contribution in [3.05, 3.63) is 28.8 Å². The van der Waals surface area contributed by atoms with Crippen molar-refractivity contribution in [3.63, 3.8) is 0 Å². The molecule has 0 amide bonds. The van der Waals surface area contributed by atoms with Crippen molar-refractivity contribution in [3.8, 4) is 0 Å². The molecule has 0 fully saturated rings. The van der Waals surface area contributed by atoms with Gasteiger partial charge in [0.1, 0.15) is 0 Å². The van der Waals surface area contributed by atoms with E-state index in [-0.39, 0.29) is 0 Å². The molecule has 1 aromatic rings. The maximum Gasteiger partial charge on any atom is 0.0471 e. The van der Waals surface area contributed by atoms with Crippen LogP contribution in [0.15, 0.2) is 18.2 Å². The van der Waals surface area contributed by atoms with Crippen LogP contribution >= 0.6 is 11.6 Å². The molecule has 0 heterocycles. The van der Waals surface area contributed by atoms with Crippen LogP contribution in [0.4, 0.5) is 5.69 Å². The lowest BCUT2D eigenvalue weighted by Gasteiger charge is -2.25. The van der Waals surface area contributed by atoms with E-state index in [4.69, 9.17) is 11.6 Å². The minimum absolute atomic E-state index is 0.815. The Morgan fingerprint density at radius 3 is 2.62 bits per heavy atom. The van der Waals surface area contributed by atoms with Gasteiger partial charge in [-0.05, 0) is 32.5 Å². The van der Waals surface area contributed by atoms with Crippen molar-refractivity contribution in [1.29, 1.82) is 0 Å². The molecule has 3 heteroatoms. The van der Waals surface area contributed by atoms with Crippen LogP contribution in [0.2, 0.25) is 5.02 Å². The Kier molecular flexibility index (Phi) is 5.64. The van der Waals surface area contributed by atoms with Crippen LogP contribution in [0.1, 0.15) is 25.8 Å². The normalized spacial score (nSPS) is 10.5. The van der Waals surface area contributed by atoms with E-state index in [0.29, 0.717) is 0 Å². The third-order valence-corrected chi connectivity index (χ3v) is 3.02. The summed E-state index contributed by atoms with van der Waals surface area (Å²) in [6.45, 7) is 7.29. The highest BCUT2D eigenvalue weighted by molar-refractivity contribution is 6.31. The number of rotatable bonds is 6. The lowest BCUT2D eigenvalue weighted by atomic mass is 10.1. The SMILES string of the molecule is CCCN(CC)c1cccc(Cl)c1CNC. The first-order valence-corrected chi connectivity index (χ1v) is 6.29. The highest BCUT2D eigenvalue weighted by Crippen LogP contribution is 2.27. The maximum atomic E-state index is 6.24. The average molecular weight is 241 g/mol. The molecule has 0 radical (unpaired) electrons. The molecule has 0 atom stereocenters. The number of hydrogen-bond acceptors (Lipinski definition) is 2. The standard InChI is InChI=1S/C13H21ClN2/c1-4-9-16(5-2)13-8-6-7-12(14)11(13)10-15-3/h6-8,15H,4-5,9-10H2,1-3H3. The van der Waals surface area contributed by atoms with Gasteiger partial charge < -0.3 is 10.2 Å². The van der Waals surface area contributed by atoms with Crippen LogP contribution in [0.5, 0.6) is 0 Å². The molecule has 0 bridgehead atoms. The van der Waals surface area contributed by atoms with E-state index in [1.165, 1.54) is 11.3 Å². The summed E-state index contributed by atoms with van der Waals surface area (Å²) in [5.74, 6) is 0. The van der Waals surface area contributed by atoms with E-state index in [9.17, 15) is 0 Å². The predicted octanol–water partition coefficient (Wildman–Crippen LogP) is 3.30. The zero-order valence-corrected chi connectivity index (χ0v) is 11.1. The molecule has 1 aromatic carbocycles. The molecule has 0 aliphatic carbocycles. The summed E-state index contributed by atoms with van der Waals surface area (Å²) in [4.78, 5) is 2.37. The highest BCUT2D eigenvalue weighted by Gasteiger charge is 2.11. The maximum absolute atomic E-state index is 6.24. The summed E-state index contributed by atoms with van der Waals surface area (Å²) in [5, 5.41) is 4.02. The third kappa shape index (κ3) is 3.13. The van der Waals surface area contributed by atoms with Gasteiger partial charge in [-0.15, -0.1) is 0 Å². The van der Waals surface area contributed by atoms with Gasteiger partial charge >= 0.3 is 0 Å². The molecule has 0 aliphatic heterocycles. The first-order valence-electron chi connectivity index (χ1n) is 5.91. The van der Waals surface area contributed by atoms with Crippen LogP contribution < -0.4 is 10.2 Å². The molecule has 0 spiro atoms. The van der Waals surface area contributed by atoms with Crippen LogP contribution in [0, 0.1) is 0 Å². The molecule has 0 saturated heterocycles. The van der Waals surface area contributed by atoms with E-state index < -0.39 is 0 Å². The number of anilines is 1. The molecule has 90 valence electrons. The number of halogens is 1. The van der Waals surface area contributed by atoms with Gasteiger partial charge in [0, 0.05) is 35.9 Å². The Hall–Kier alpha value is -0.730. The van der Waals surface area contributed by atoms with Crippen molar-refractivity contribution in [1.82, 2.24) is 5.32 Å². The summed E-state index contributed by atoms with van der Waals surface area (Å²) in [7, 11) is 1.95. The minimum Gasteiger partial charge on any atom is -0.372 e. The Labute approximate surface area is 104 Å². The molecule has 0 aromatic heterocycles. The Morgan fingerprint density at radius 1 is 1.31 bits per heavy atom. The fourth-order valence-electron chi connectivity index (χ4n) is 1.91. The van der Waals surface area contributed by atoms with Gasteiger partial charge in [0.25, 0.3) is 0 Å². The molecular weight excluding hydrogens is 220 g/mol. The zero-order chi connectivity index (χ0) is 12.0. The summed E-state index contributed by atoms with van der Waals surface area (Å²) < 4.78 is 0. The quantitative estimate of drug-likeness (QED) is 0.821. The fourth-order valence-corrected chi connectivity index (χ4v) is 2.15. The van der Waals surface area contributed by atoms with Gasteiger partial charge in [-0.1, -0.05) is 24.6 Å². The van der Waals surface area contributed by atoms with Gasteiger partial charge in [0.2, 0.25) is 0 Å². The monoisotopic (exact) mass is 240 g/mol. The number of hydrogen-bond donors (Lipinski definition) is 1. The van der Waals surface area contributed by atoms with Crippen LogP contribution in [0.3, 0.4) is 0 Å². The van der Waals surface area contributed by atoms with E-state index in [0.717, 1.165) is 31.1 Å². The Bertz CT molecular complexity index is 326. The smallest absolute Gasteiger partial charge is 0.0471 e. The molecule has 1 N–H and O–H groups in total. The summed E-state index contributed by atoms with van der Waals surface area (Å²) in [6, 6.07) is 6.13. The van der Waals surface area contributed by atoms with Gasteiger partial charge in [0.05, 0.1) is 0 Å². The average Bonchev–Trinajstić information content (AvgIpc) is 2.29. The molecule has 0 saturated carbocycles. The summed E-state index contributed by atoms with van der Waals surface area (Å²) in [6.07, 6.45) is 1.15. The number of nitrogens with zero attached hydrogens (tertiary/aromatic N) is 1. The van der Waals surface area contributed by atoms with Gasteiger partial charge in [-0.25, -0.2) is 0 Å². The zero-order valence-electron chi connectivity index (χ0n) is 10.4. The largest absolute Gasteiger partial charge is 0.372 e. The van der Waals surface area contributed by atoms with Crippen molar-refractivity contribution < 1.29 is 0 Å². The number of benzene rings is 1. The van der Waals surface area contributed by atoms with Crippen molar-refractivity contribution in [2.45, 2.75) is 26.8 Å². The lowest BCUT2D eigenvalue weighted by molar-refractivity contribution is 0.767. The van der Waals surface area contributed by atoms with Crippen molar-refractivity contribution >= 4 is 17.3 Å². The third-order valence-electron chi connectivity index (χ3n) is 2.66. The summed E-state index contributed by atoms with van der Waals surface area (Å²) >= 11 is 6.24. The van der Waals surface area contributed by atoms with E-state index in [2.05, 4.69) is 30.1 Å². The minimum atomic E-state index is 0.815. The lowest BCUT2D eigenvalue weighted by Crippen LogP contribution is -2.25. The van der Waals surface area contributed by atoms with Crippen molar-refractivity contribution in [2.24, 2.45) is 0 Å². The first kappa shape index (κ1) is 13.3. The molecule has 16 heavy (non-hydrogen) atoms. The molecule has 0 aliphatic rings. The molecule has 2 nitrogen and oxygen atoms in total. The fraction of sp³-hybridized carbons (Fsp3) is 0.538. The Balaban J connectivity index is 3.04. The Morgan fingerprint density at radius 2 is 2.06 bits per heavy atom. The van der Waals surface area contributed by atoms with Gasteiger partial charge in [-0.3, -0.25) is 0 Å². The predicted molar refractivity (Wildman–Crippen MR) is 72.4 cm³/mol. The molecule has 0 unspecified atom stereocenters. The van der Waals surface area contributed by atoms with Crippen molar-refractivity contribution in [2.75, 3.05) is 25.0 Å². The highest BCUT2D eigenvalue weighted by atomic mass is 35.5. The second-order valence-electron chi connectivity index (χ2n) is 3.85. The molecular formula is C13H21ClN2. The van der Waals surface area contributed by atoms with Crippen LogP contribution in [0.25, 0.3) is 0 Å².